The van der Waals surface area contributed by atoms with Crippen molar-refractivity contribution in [1.29, 1.82) is 0 Å². The molecule has 1 aliphatic carbocycles. The zero-order valence-electron chi connectivity index (χ0n) is 12.5. The van der Waals surface area contributed by atoms with Gasteiger partial charge >= 0.3 is 0 Å². The van der Waals surface area contributed by atoms with Crippen LogP contribution >= 0.6 is 0 Å². The fourth-order valence-corrected chi connectivity index (χ4v) is 3.03. The predicted octanol–water partition coefficient (Wildman–Crippen LogP) is 2.15. The van der Waals surface area contributed by atoms with Gasteiger partial charge in [0.1, 0.15) is 5.82 Å². The lowest BCUT2D eigenvalue weighted by Crippen LogP contribution is -2.37. The van der Waals surface area contributed by atoms with E-state index in [0.29, 0.717) is 18.9 Å². The van der Waals surface area contributed by atoms with Gasteiger partial charge in [-0.25, -0.2) is 0 Å². The molecule has 0 saturated carbocycles. The Balaban J connectivity index is 1.66. The van der Waals surface area contributed by atoms with Crippen molar-refractivity contribution in [3.8, 4) is 0 Å². The molecule has 2 heterocycles. The highest BCUT2D eigenvalue weighted by Gasteiger charge is 2.24. The maximum atomic E-state index is 12.4. The summed E-state index contributed by atoms with van der Waals surface area (Å²) in [6.45, 7) is 4.28. The number of nitrogens with one attached hydrogen (secondary N) is 1. The minimum Gasteiger partial charge on any atom is -0.369 e. The molecule has 5 heteroatoms. The van der Waals surface area contributed by atoms with Crippen LogP contribution in [0, 0.1) is 5.92 Å². The summed E-state index contributed by atoms with van der Waals surface area (Å²) in [4.78, 5) is 14.4. The Morgan fingerprint density at radius 3 is 3.14 bits per heavy atom. The average molecular weight is 286 g/mol. The number of amides is 1. The minimum atomic E-state index is 0.263. The molecule has 2 aliphatic rings. The lowest BCUT2D eigenvalue weighted by molar-refractivity contribution is -0.132. The van der Waals surface area contributed by atoms with Gasteiger partial charge in [-0.15, -0.1) is 5.10 Å². The van der Waals surface area contributed by atoms with Gasteiger partial charge in [0.25, 0.3) is 0 Å². The molecule has 1 amide bonds. The average Bonchev–Trinajstić information content (AvgIpc) is 3.00. The van der Waals surface area contributed by atoms with Crippen molar-refractivity contribution in [3.63, 3.8) is 0 Å². The molecule has 0 saturated heterocycles. The Kier molecular flexibility index (Phi) is 4.18. The topological polar surface area (TPSA) is 58.1 Å². The Bertz CT molecular complexity index is 555. The van der Waals surface area contributed by atoms with E-state index in [1.54, 1.807) is 0 Å². The third kappa shape index (κ3) is 3.23. The predicted molar refractivity (Wildman–Crippen MR) is 81.8 cm³/mol. The molecule has 3 rings (SSSR count). The number of hydrogen-bond donors (Lipinski definition) is 1. The van der Waals surface area contributed by atoms with Gasteiger partial charge in [0, 0.05) is 32.5 Å². The van der Waals surface area contributed by atoms with E-state index >= 15 is 0 Å². The van der Waals surface area contributed by atoms with E-state index < -0.39 is 0 Å². The van der Waals surface area contributed by atoms with Crippen LogP contribution in [0.1, 0.15) is 37.4 Å². The van der Waals surface area contributed by atoms with Crippen LogP contribution in [0.2, 0.25) is 0 Å². The molecule has 0 aromatic carbocycles. The number of aromatic nitrogens is 2. The van der Waals surface area contributed by atoms with Crippen molar-refractivity contribution in [2.24, 2.45) is 5.92 Å². The Morgan fingerprint density at radius 2 is 2.38 bits per heavy atom. The van der Waals surface area contributed by atoms with Gasteiger partial charge in [-0.3, -0.25) is 4.79 Å². The molecule has 0 fully saturated rings. The molecule has 1 aliphatic heterocycles. The highest BCUT2D eigenvalue weighted by Crippen LogP contribution is 2.24. The molecule has 1 atom stereocenters. The van der Waals surface area contributed by atoms with Gasteiger partial charge in [-0.2, -0.15) is 5.10 Å². The van der Waals surface area contributed by atoms with E-state index in [1.807, 2.05) is 17.9 Å². The molecule has 0 radical (unpaired) electrons. The second-order valence-electron chi connectivity index (χ2n) is 5.77. The second-order valence-corrected chi connectivity index (χ2v) is 5.77. The van der Waals surface area contributed by atoms with Crippen molar-refractivity contribution < 1.29 is 4.79 Å². The zero-order chi connectivity index (χ0) is 14.7. The number of fused-ring (bicyclic) bond motifs is 1. The van der Waals surface area contributed by atoms with E-state index in [2.05, 4.69) is 27.7 Å². The van der Waals surface area contributed by atoms with Gasteiger partial charge in [0.2, 0.25) is 5.91 Å². The van der Waals surface area contributed by atoms with Gasteiger partial charge < -0.3 is 10.2 Å². The number of hydrogen-bond acceptors (Lipinski definition) is 4. The van der Waals surface area contributed by atoms with Crippen LogP contribution in [-0.4, -0.2) is 34.1 Å². The Hall–Kier alpha value is -1.91. The van der Waals surface area contributed by atoms with Crippen LogP contribution in [0.25, 0.3) is 0 Å². The number of allylic oxidation sites excluding steroid dienone is 2. The van der Waals surface area contributed by atoms with E-state index in [9.17, 15) is 4.79 Å². The number of anilines is 1. The zero-order valence-corrected chi connectivity index (χ0v) is 12.5. The molecular formula is C16H22N4O. The number of rotatable bonds is 4. The summed E-state index contributed by atoms with van der Waals surface area (Å²) in [6, 6.07) is 2.03. The van der Waals surface area contributed by atoms with Crippen molar-refractivity contribution in [2.75, 3.05) is 18.4 Å². The van der Waals surface area contributed by atoms with Crippen LogP contribution in [0.15, 0.2) is 18.2 Å². The smallest absolute Gasteiger partial charge is 0.223 e. The lowest BCUT2D eigenvalue weighted by atomic mass is 10.0. The van der Waals surface area contributed by atoms with Crippen LogP contribution in [0.5, 0.6) is 0 Å². The largest absolute Gasteiger partial charge is 0.369 e. The van der Waals surface area contributed by atoms with E-state index in [-0.39, 0.29) is 5.91 Å². The number of carbonyl (C=O) groups is 1. The third-order valence-corrected chi connectivity index (χ3v) is 4.20. The minimum absolute atomic E-state index is 0.263. The summed E-state index contributed by atoms with van der Waals surface area (Å²) < 4.78 is 0. The first-order chi connectivity index (χ1) is 10.3. The highest BCUT2D eigenvalue weighted by atomic mass is 16.2. The maximum absolute atomic E-state index is 12.4. The van der Waals surface area contributed by atoms with Gasteiger partial charge in [-0.05, 0) is 37.3 Å². The molecule has 0 bridgehead atoms. The molecule has 1 aromatic heterocycles. The van der Waals surface area contributed by atoms with Gasteiger partial charge in [-0.1, -0.05) is 12.2 Å². The summed E-state index contributed by atoms with van der Waals surface area (Å²) in [5.74, 6) is 1.50. The number of carbonyl (C=O) groups excluding carboxylic acids is 1. The quantitative estimate of drug-likeness (QED) is 0.862. The van der Waals surface area contributed by atoms with Crippen molar-refractivity contribution in [3.05, 3.63) is 29.5 Å². The van der Waals surface area contributed by atoms with Crippen molar-refractivity contribution in [2.45, 2.75) is 39.2 Å². The monoisotopic (exact) mass is 286 g/mol. The molecule has 112 valence electrons. The maximum Gasteiger partial charge on any atom is 0.223 e. The summed E-state index contributed by atoms with van der Waals surface area (Å²) >= 11 is 0. The van der Waals surface area contributed by atoms with Crippen molar-refractivity contribution in [1.82, 2.24) is 15.1 Å². The summed E-state index contributed by atoms with van der Waals surface area (Å²) in [7, 11) is 0. The fraction of sp³-hybridized carbons (Fsp3) is 0.562. The van der Waals surface area contributed by atoms with Crippen LogP contribution in [-0.2, 0) is 17.8 Å². The lowest BCUT2D eigenvalue weighted by Gasteiger charge is -2.29. The molecule has 1 N–H and O–H groups in total. The normalized spacial score (nSPS) is 20.4. The number of nitrogens with zero attached hydrogens (tertiary/aromatic N) is 3. The first kappa shape index (κ1) is 14.0. The molecule has 0 unspecified atom stereocenters. The SMILES string of the molecule is CCNc1cc2c(nn1)CCN(C(=O)C[C@@H]1C=CCC1)C2. The first-order valence-electron chi connectivity index (χ1n) is 7.80. The molecule has 0 spiro atoms. The third-order valence-electron chi connectivity index (χ3n) is 4.20. The fourth-order valence-electron chi connectivity index (χ4n) is 3.03. The highest BCUT2D eigenvalue weighted by molar-refractivity contribution is 5.77. The van der Waals surface area contributed by atoms with Gasteiger partial charge in [0.05, 0.1) is 5.69 Å². The Morgan fingerprint density at radius 1 is 1.48 bits per heavy atom. The first-order valence-corrected chi connectivity index (χ1v) is 7.80. The molecular weight excluding hydrogens is 264 g/mol. The van der Waals surface area contributed by atoms with Crippen molar-refractivity contribution >= 4 is 11.7 Å². The summed E-state index contributed by atoms with van der Waals surface area (Å²) in [6.07, 6.45) is 8.05. The van der Waals surface area contributed by atoms with Gasteiger partial charge in [0.15, 0.2) is 0 Å². The standard InChI is InChI=1S/C16H22N4O/c1-2-17-15-10-13-11-20(8-7-14(13)18-19-15)16(21)9-12-5-3-4-6-12/h3,5,10,12H,2,4,6-9,11H2,1H3,(H,17,19)/t12-/m1/s1. The molecule has 21 heavy (non-hydrogen) atoms. The summed E-state index contributed by atoms with van der Waals surface area (Å²) in [5.41, 5.74) is 2.16. The second kappa shape index (κ2) is 6.24. The van der Waals surface area contributed by atoms with E-state index in [4.69, 9.17) is 0 Å². The van der Waals surface area contributed by atoms with Crippen LogP contribution in [0.4, 0.5) is 5.82 Å². The Labute approximate surface area is 125 Å². The van der Waals surface area contributed by atoms with E-state index in [0.717, 1.165) is 49.4 Å². The molecule has 5 nitrogen and oxygen atoms in total. The summed E-state index contributed by atoms with van der Waals surface area (Å²) in [5, 5.41) is 11.6. The molecule has 1 aromatic rings. The van der Waals surface area contributed by atoms with E-state index in [1.165, 1.54) is 0 Å². The van der Waals surface area contributed by atoms with Crippen LogP contribution in [0.3, 0.4) is 0 Å². The van der Waals surface area contributed by atoms with Crippen LogP contribution < -0.4 is 5.32 Å².